The molecule has 4 nitrogen and oxygen atoms in total. The maximum Gasteiger partial charge on any atom is 0.257 e. The Labute approximate surface area is 116 Å². The molecule has 0 spiro atoms. The molecule has 3 atom stereocenters. The standard InChI is InChI=1S/C14H16ClNO3/c15-10-3-4-11(12(17)5-10)14(19)16-6-8-1-2-9(7-16)13(8)18/h3-5,8-9,13,17-18H,1-2,6-7H2/t8-,9+,13?. The van der Waals surface area contributed by atoms with Crippen LogP contribution in [0.4, 0.5) is 0 Å². The Bertz CT molecular complexity index is 505. The van der Waals surface area contributed by atoms with Crippen molar-refractivity contribution in [2.45, 2.75) is 18.9 Å². The average molecular weight is 282 g/mol. The number of carbonyl (C=O) groups is 1. The van der Waals surface area contributed by atoms with Gasteiger partial charge in [-0.2, -0.15) is 0 Å². The number of likely N-dealkylation sites (tertiary alicyclic amines) is 1. The fourth-order valence-electron chi connectivity index (χ4n) is 3.22. The van der Waals surface area contributed by atoms with Crippen molar-refractivity contribution in [3.8, 4) is 5.75 Å². The first-order valence-electron chi connectivity index (χ1n) is 6.52. The monoisotopic (exact) mass is 281 g/mol. The first-order chi connectivity index (χ1) is 9.06. The Hall–Kier alpha value is -1.26. The van der Waals surface area contributed by atoms with Crippen LogP contribution in [0.1, 0.15) is 23.2 Å². The van der Waals surface area contributed by atoms with Crippen molar-refractivity contribution >= 4 is 17.5 Å². The topological polar surface area (TPSA) is 60.8 Å². The molecule has 2 aliphatic rings. The zero-order valence-electron chi connectivity index (χ0n) is 10.4. The molecule has 1 aromatic carbocycles. The number of piperidine rings is 1. The van der Waals surface area contributed by atoms with Gasteiger partial charge in [-0.3, -0.25) is 4.79 Å². The Morgan fingerprint density at radius 3 is 2.47 bits per heavy atom. The predicted octanol–water partition coefficient (Wildman–Crippen LogP) is 1.89. The third-order valence-electron chi connectivity index (χ3n) is 4.26. The van der Waals surface area contributed by atoms with Crippen LogP contribution >= 0.6 is 11.6 Å². The van der Waals surface area contributed by atoms with Gasteiger partial charge in [-0.1, -0.05) is 11.6 Å². The van der Waals surface area contributed by atoms with Gasteiger partial charge in [0.15, 0.2) is 0 Å². The van der Waals surface area contributed by atoms with Gasteiger partial charge in [-0.15, -0.1) is 0 Å². The molecule has 0 radical (unpaired) electrons. The first-order valence-corrected chi connectivity index (χ1v) is 6.90. The number of carbonyl (C=O) groups excluding carboxylic acids is 1. The van der Waals surface area contributed by atoms with Gasteiger partial charge in [0.25, 0.3) is 5.91 Å². The van der Waals surface area contributed by atoms with Crippen molar-refractivity contribution in [2.24, 2.45) is 11.8 Å². The Morgan fingerprint density at radius 2 is 1.89 bits per heavy atom. The zero-order valence-corrected chi connectivity index (χ0v) is 11.2. The van der Waals surface area contributed by atoms with Crippen molar-refractivity contribution < 1.29 is 15.0 Å². The van der Waals surface area contributed by atoms with E-state index in [2.05, 4.69) is 0 Å². The van der Waals surface area contributed by atoms with Gasteiger partial charge in [0, 0.05) is 29.9 Å². The van der Waals surface area contributed by atoms with E-state index in [1.807, 2.05) is 0 Å². The Morgan fingerprint density at radius 1 is 1.26 bits per heavy atom. The van der Waals surface area contributed by atoms with Gasteiger partial charge >= 0.3 is 0 Å². The molecule has 2 N–H and O–H groups in total. The number of aliphatic hydroxyl groups excluding tert-OH is 1. The molecule has 1 saturated carbocycles. The maximum absolute atomic E-state index is 12.4. The minimum atomic E-state index is -0.275. The third kappa shape index (κ3) is 2.19. The van der Waals surface area contributed by atoms with Crippen LogP contribution in [0.3, 0.4) is 0 Å². The Balaban J connectivity index is 1.81. The number of aliphatic hydroxyl groups is 1. The van der Waals surface area contributed by atoms with Crippen LogP contribution in [-0.2, 0) is 0 Å². The fraction of sp³-hybridized carbons (Fsp3) is 0.500. The number of rotatable bonds is 1. The molecule has 102 valence electrons. The highest BCUT2D eigenvalue weighted by Crippen LogP contribution is 2.37. The summed E-state index contributed by atoms with van der Waals surface area (Å²) >= 11 is 5.76. The molecule has 1 aromatic rings. The highest BCUT2D eigenvalue weighted by atomic mass is 35.5. The first kappa shape index (κ1) is 12.8. The summed E-state index contributed by atoms with van der Waals surface area (Å²) in [5.41, 5.74) is 0.278. The van der Waals surface area contributed by atoms with Gasteiger partial charge in [0.2, 0.25) is 0 Å². The molecule has 19 heavy (non-hydrogen) atoms. The number of fused-ring (bicyclic) bond motifs is 2. The van der Waals surface area contributed by atoms with Crippen LogP contribution in [0, 0.1) is 11.8 Å². The zero-order chi connectivity index (χ0) is 13.6. The van der Waals surface area contributed by atoms with E-state index in [0.717, 1.165) is 12.8 Å². The van der Waals surface area contributed by atoms with E-state index in [-0.39, 0.29) is 35.2 Å². The third-order valence-corrected chi connectivity index (χ3v) is 4.50. The van der Waals surface area contributed by atoms with Crippen LogP contribution < -0.4 is 0 Å². The second kappa shape index (κ2) is 4.69. The summed E-state index contributed by atoms with van der Waals surface area (Å²) in [6, 6.07) is 4.52. The second-order valence-electron chi connectivity index (χ2n) is 5.46. The SMILES string of the molecule is O=C(c1ccc(Cl)cc1O)N1C[C@H]2CC[C@@H](C1)C2O. The minimum Gasteiger partial charge on any atom is -0.507 e. The smallest absolute Gasteiger partial charge is 0.257 e. The Kier molecular flexibility index (Phi) is 3.15. The largest absolute Gasteiger partial charge is 0.507 e. The van der Waals surface area contributed by atoms with E-state index in [1.165, 1.54) is 6.07 Å². The number of nitrogens with zero attached hydrogens (tertiary/aromatic N) is 1. The van der Waals surface area contributed by atoms with E-state index in [1.54, 1.807) is 17.0 Å². The summed E-state index contributed by atoms with van der Waals surface area (Å²) in [6.07, 6.45) is 1.67. The van der Waals surface area contributed by atoms with Gasteiger partial charge in [-0.25, -0.2) is 0 Å². The van der Waals surface area contributed by atoms with Crippen LogP contribution in [-0.4, -0.2) is 40.2 Å². The normalized spacial score (nSPS) is 29.6. The van der Waals surface area contributed by atoms with E-state index in [4.69, 9.17) is 11.6 Å². The molecule has 1 amide bonds. The van der Waals surface area contributed by atoms with Gasteiger partial charge in [0.1, 0.15) is 5.75 Å². The highest BCUT2D eigenvalue weighted by molar-refractivity contribution is 6.30. The molecule has 1 aliphatic carbocycles. The molecule has 1 aliphatic heterocycles. The van der Waals surface area contributed by atoms with Crippen LogP contribution in [0.25, 0.3) is 0 Å². The van der Waals surface area contributed by atoms with E-state index in [9.17, 15) is 15.0 Å². The summed E-state index contributed by atoms with van der Waals surface area (Å²) in [4.78, 5) is 14.1. The van der Waals surface area contributed by atoms with Crippen molar-refractivity contribution in [1.29, 1.82) is 0 Å². The highest BCUT2D eigenvalue weighted by Gasteiger charge is 2.42. The summed E-state index contributed by atoms with van der Waals surface area (Å²) in [5, 5.41) is 20.2. The van der Waals surface area contributed by atoms with E-state index in [0.29, 0.717) is 18.1 Å². The van der Waals surface area contributed by atoms with Crippen molar-refractivity contribution in [2.75, 3.05) is 13.1 Å². The summed E-state index contributed by atoms with van der Waals surface area (Å²) < 4.78 is 0. The minimum absolute atomic E-state index is 0.0871. The molecule has 1 heterocycles. The number of phenols is 1. The number of aromatic hydroxyl groups is 1. The lowest BCUT2D eigenvalue weighted by Gasteiger charge is -2.35. The summed E-state index contributed by atoms with van der Waals surface area (Å²) in [5.74, 6) is 0.0863. The summed E-state index contributed by atoms with van der Waals surface area (Å²) in [6.45, 7) is 1.14. The average Bonchev–Trinajstić information content (AvgIpc) is 2.61. The molecule has 1 unspecified atom stereocenters. The molecule has 3 rings (SSSR count). The van der Waals surface area contributed by atoms with Crippen LogP contribution in [0.15, 0.2) is 18.2 Å². The molecule has 2 fully saturated rings. The van der Waals surface area contributed by atoms with Crippen LogP contribution in [0.5, 0.6) is 5.75 Å². The number of phenolic OH excluding ortho intramolecular Hbond substituents is 1. The van der Waals surface area contributed by atoms with Crippen molar-refractivity contribution in [1.82, 2.24) is 4.90 Å². The predicted molar refractivity (Wildman–Crippen MR) is 71.2 cm³/mol. The maximum atomic E-state index is 12.4. The lowest BCUT2D eigenvalue weighted by Crippen LogP contribution is -2.47. The number of hydrogen-bond donors (Lipinski definition) is 2. The van der Waals surface area contributed by atoms with Gasteiger partial charge < -0.3 is 15.1 Å². The molecule has 5 heteroatoms. The molecule has 0 aromatic heterocycles. The molecule has 2 bridgehead atoms. The quantitative estimate of drug-likeness (QED) is 0.826. The lowest BCUT2D eigenvalue weighted by atomic mass is 9.94. The van der Waals surface area contributed by atoms with E-state index >= 15 is 0 Å². The lowest BCUT2D eigenvalue weighted by molar-refractivity contribution is 0.0165. The second-order valence-corrected chi connectivity index (χ2v) is 5.90. The summed E-state index contributed by atoms with van der Waals surface area (Å²) in [7, 11) is 0. The van der Waals surface area contributed by atoms with Gasteiger partial charge in [-0.05, 0) is 31.0 Å². The molecule has 1 saturated heterocycles. The van der Waals surface area contributed by atoms with Gasteiger partial charge in [0.05, 0.1) is 11.7 Å². The van der Waals surface area contributed by atoms with Crippen LogP contribution in [0.2, 0.25) is 5.02 Å². The van der Waals surface area contributed by atoms with Crippen molar-refractivity contribution in [3.63, 3.8) is 0 Å². The number of benzene rings is 1. The number of amides is 1. The van der Waals surface area contributed by atoms with E-state index < -0.39 is 0 Å². The number of hydrogen-bond acceptors (Lipinski definition) is 3. The molecular formula is C14H16ClNO3. The molecular weight excluding hydrogens is 266 g/mol. The van der Waals surface area contributed by atoms with Crippen molar-refractivity contribution in [3.05, 3.63) is 28.8 Å². The fourth-order valence-corrected chi connectivity index (χ4v) is 3.38. The number of halogens is 1.